The number of aromatic nitrogens is 1. The van der Waals surface area contributed by atoms with E-state index in [-0.39, 0.29) is 11.7 Å². The molecule has 0 bridgehead atoms. The van der Waals surface area contributed by atoms with Crippen LogP contribution in [0.3, 0.4) is 0 Å². The molecule has 2 aromatic rings. The maximum atomic E-state index is 12.6. The van der Waals surface area contributed by atoms with Crippen molar-refractivity contribution in [1.29, 1.82) is 0 Å². The monoisotopic (exact) mass is 347 g/mol. The number of benzene rings is 1. The summed E-state index contributed by atoms with van der Waals surface area (Å²) in [5.74, 6) is -0.210. The van der Waals surface area contributed by atoms with Crippen LogP contribution in [0.15, 0.2) is 36.5 Å². The second-order valence-electron chi connectivity index (χ2n) is 5.99. The molecule has 128 valence electrons. The van der Waals surface area contributed by atoms with Gasteiger partial charge >= 0.3 is 0 Å². The average Bonchev–Trinajstić information content (AvgIpc) is 3.05. The second kappa shape index (κ2) is 6.86. The molecular formula is C17H21N3O3S. The number of nitrogens with one attached hydrogen (secondary N) is 1. The maximum Gasteiger partial charge on any atom is 0.242 e. The molecule has 0 radical (unpaired) electrons. The number of anilines is 1. The van der Waals surface area contributed by atoms with Gasteiger partial charge in [-0.05, 0) is 31.4 Å². The van der Waals surface area contributed by atoms with Crippen LogP contribution in [0.5, 0.6) is 0 Å². The topological polar surface area (TPSA) is 79.4 Å². The summed E-state index contributed by atoms with van der Waals surface area (Å²) in [6, 6.07) is 8.85. The fourth-order valence-corrected chi connectivity index (χ4v) is 4.82. The molecule has 1 fully saturated rings. The molecular weight excluding hydrogens is 326 g/mol. The lowest BCUT2D eigenvalue weighted by Crippen LogP contribution is -2.44. The normalized spacial score (nSPS) is 18.8. The van der Waals surface area contributed by atoms with Gasteiger partial charge in [0.2, 0.25) is 15.9 Å². The Hall–Kier alpha value is -1.99. The lowest BCUT2D eigenvalue weighted by Gasteiger charge is -2.23. The van der Waals surface area contributed by atoms with Crippen LogP contribution in [0.2, 0.25) is 0 Å². The van der Waals surface area contributed by atoms with Crippen molar-refractivity contribution >= 4 is 32.5 Å². The zero-order valence-corrected chi connectivity index (χ0v) is 14.4. The SMILES string of the molecule is CCCS(=O)(=O)N1CCCC1C(=O)Nc1cnc2ccccc2c1. The minimum Gasteiger partial charge on any atom is -0.323 e. The molecule has 1 amide bonds. The van der Waals surface area contributed by atoms with E-state index in [2.05, 4.69) is 10.3 Å². The molecule has 0 saturated carbocycles. The van der Waals surface area contributed by atoms with Gasteiger partial charge in [0.15, 0.2) is 0 Å². The van der Waals surface area contributed by atoms with Gasteiger partial charge in [-0.3, -0.25) is 9.78 Å². The molecule has 6 nitrogen and oxygen atoms in total. The van der Waals surface area contributed by atoms with Crippen molar-refractivity contribution in [2.24, 2.45) is 0 Å². The van der Waals surface area contributed by atoms with Crippen LogP contribution in [-0.2, 0) is 14.8 Å². The second-order valence-corrected chi connectivity index (χ2v) is 8.03. The molecule has 0 spiro atoms. The Morgan fingerprint density at radius 2 is 2.17 bits per heavy atom. The van der Waals surface area contributed by atoms with Gasteiger partial charge in [0.1, 0.15) is 6.04 Å². The first-order chi connectivity index (χ1) is 11.5. The summed E-state index contributed by atoms with van der Waals surface area (Å²) in [7, 11) is -3.37. The van der Waals surface area contributed by atoms with E-state index in [4.69, 9.17) is 0 Å². The van der Waals surface area contributed by atoms with Crippen molar-refractivity contribution in [3.05, 3.63) is 36.5 Å². The molecule has 1 aromatic heterocycles. The van der Waals surface area contributed by atoms with Crippen molar-refractivity contribution in [2.45, 2.75) is 32.2 Å². The molecule has 1 aliphatic heterocycles. The Kier molecular flexibility index (Phi) is 4.82. The third-order valence-electron chi connectivity index (χ3n) is 4.18. The summed E-state index contributed by atoms with van der Waals surface area (Å²) in [5, 5.41) is 3.74. The molecule has 1 unspecified atom stereocenters. The molecule has 1 aromatic carbocycles. The number of nitrogens with zero attached hydrogens (tertiary/aromatic N) is 2. The van der Waals surface area contributed by atoms with Crippen molar-refractivity contribution in [2.75, 3.05) is 17.6 Å². The Morgan fingerprint density at radius 1 is 1.38 bits per heavy atom. The van der Waals surface area contributed by atoms with Crippen LogP contribution in [0.4, 0.5) is 5.69 Å². The quantitative estimate of drug-likeness (QED) is 0.900. The van der Waals surface area contributed by atoms with Crippen LogP contribution >= 0.6 is 0 Å². The predicted molar refractivity (Wildman–Crippen MR) is 94.2 cm³/mol. The van der Waals surface area contributed by atoms with Crippen molar-refractivity contribution in [3.8, 4) is 0 Å². The molecule has 1 atom stereocenters. The van der Waals surface area contributed by atoms with Crippen molar-refractivity contribution in [1.82, 2.24) is 9.29 Å². The smallest absolute Gasteiger partial charge is 0.242 e. The molecule has 7 heteroatoms. The number of pyridine rings is 1. The van der Waals surface area contributed by atoms with Crippen LogP contribution in [0, 0.1) is 0 Å². The molecule has 24 heavy (non-hydrogen) atoms. The first-order valence-corrected chi connectivity index (χ1v) is 9.77. The lowest BCUT2D eigenvalue weighted by atomic mass is 10.2. The van der Waals surface area contributed by atoms with E-state index in [0.29, 0.717) is 31.5 Å². The minimum absolute atomic E-state index is 0.0777. The molecule has 1 aliphatic rings. The Morgan fingerprint density at radius 3 is 2.96 bits per heavy atom. The van der Waals surface area contributed by atoms with Crippen LogP contribution < -0.4 is 5.32 Å². The van der Waals surface area contributed by atoms with E-state index < -0.39 is 16.1 Å². The van der Waals surface area contributed by atoms with E-state index >= 15 is 0 Å². The minimum atomic E-state index is -3.37. The largest absolute Gasteiger partial charge is 0.323 e. The summed E-state index contributed by atoms with van der Waals surface area (Å²) in [5.41, 5.74) is 1.43. The first-order valence-electron chi connectivity index (χ1n) is 8.16. The van der Waals surface area contributed by atoms with Gasteiger partial charge in [-0.2, -0.15) is 4.31 Å². The third-order valence-corrected chi connectivity index (χ3v) is 6.26. The third kappa shape index (κ3) is 3.42. The summed E-state index contributed by atoms with van der Waals surface area (Å²) in [6.07, 6.45) is 3.40. The van der Waals surface area contributed by atoms with Gasteiger partial charge in [-0.1, -0.05) is 25.1 Å². The number of carbonyl (C=O) groups is 1. The van der Waals surface area contributed by atoms with E-state index in [9.17, 15) is 13.2 Å². The fourth-order valence-electron chi connectivity index (χ4n) is 3.08. The summed E-state index contributed by atoms with van der Waals surface area (Å²) < 4.78 is 26.0. The van der Waals surface area contributed by atoms with Crippen molar-refractivity contribution < 1.29 is 13.2 Å². The van der Waals surface area contributed by atoms with E-state index in [1.54, 1.807) is 6.20 Å². The number of para-hydroxylation sites is 1. The van der Waals surface area contributed by atoms with Gasteiger partial charge < -0.3 is 5.32 Å². The van der Waals surface area contributed by atoms with E-state index in [0.717, 1.165) is 10.9 Å². The zero-order chi connectivity index (χ0) is 17.2. The van der Waals surface area contributed by atoms with Crippen LogP contribution in [-0.4, -0.2) is 42.0 Å². The van der Waals surface area contributed by atoms with Gasteiger partial charge in [-0.25, -0.2) is 8.42 Å². The highest BCUT2D eigenvalue weighted by Gasteiger charge is 2.38. The van der Waals surface area contributed by atoms with Gasteiger partial charge in [0, 0.05) is 11.9 Å². The molecule has 1 saturated heterocycles. The number of carbonyl (C=O) groups excluding carboxylic acids is 1. The molecule has 2 heterocycles. The summed E-state index contributed by atoms with van der Waals surface area (Å²) in [4.78, 5) is 16.9. The standard InChI is InChI=1S/C17H21N3O3S/c1-2-10-24(22,23)20-9-5-8-16(20)17(21)19-14-11-13-6-3-4-7-15(13)18-12-14/h3-4,6-7,11-12,16H,2,5,8-10H2,1H3,(H,19,21). The van der Waals surface area contributed by atoms with Crippen LogP contribution in [0.1, 0.15) is 26.2 Å². The Bertz CT molecular complexity index is 851. The number of hydrogen-bond donors (Lipinski definition) is 1. The van der Waals surface area contributed by atoms with Crippen molar-refractivity contribution in [3.63, 3.8) is 0 Å². The number of hydrogen-bond acceptors (Lipinski definition) is 4. The highest BCUT2D eigenvalue weighted by Crippen LogP contribution is 2.24. The van der Waals surface area contributed by atoms with E-state index in [1.807, 2.05) is 37.3 Å². The molecule has 1 N–H and O–H groups in total. The zero-order valence-electron chi connectivity index (χ0n) is 13.6. The number of amides is 1. The number of rotatable bonds is 5. The van der Waals surface area contributed by atoms with Gasteiger partial charge in [-0.15, -0.1) is 0 Å². The summed E-state index contributed by atoms with van der Waals surface area (Å²) >= 11 is 0. The number of sulfonamides is 1. The van der Waals surface area contributed by atoms with Crippen LogP contribution in [0.25, 0.3) is 10.9 Å². The highest BCUT2D eigenvalue weighted by atomic mass is 32.2. The lowest BCUT2D eigenvalue weighted by molar-refractivity contribution is -0.119. The maximum absolute atomic E-state index is 12.6. The predicted octanol–water partition coefficient (Wildman–Crippen LogP) is 2.38. The van der Waals surface area contributed by atoms with Gasteiger partial charge in [0.05, 0.1) is 23.2 Å². The van der Waals surface area contributed by atoms with E-state index in [1.165, 1.54) is 4.31 Å². The first kappa shape index (κ1) is 16.9. The Balaban J connectivity index is 1.77. The molecule has 0 aliphatic carbocycles. The highest BCUT2D eigenvalue weighted by molar-refractivity contribution is 7.89. The number of fused-ring (bicyclic) bond motifs is 1. The average molecular weight is 347 g/mol. The van der Waals surface area contributed by atoms with Gasteiger partial charge in [0.25, 0.3) is 0 Å². The Labute approximate surface area is 141 Å². The summed E-state index contributed by atoms with van der Waals surface area (Å²) in [6.45, 7) is 2.24. The molecule has 3 rings (SSSR count). The fraction of sp³-hybridized carbons (Fsp3) is 0.412.